The van der Waals surface area contributed by atoms with E-state index in [1.807, 2.05) is 0 Å². The Morgan fingerprint density at radius 2 is 1.79 bits per heavy atom. The molecule has 0 aliphatic rings. The van der Waals surface area contributed by atoms with E-state index < -0.39 is 44.0 Å². The first-order chi connectivity index (χ1) is 13.2. The van der Waals surface area contributed by atoms with Crippen LogP contribution in [-0.2, 0) is 33.6 Å². The summed E-state index contributed by atoms with van der Waals surface area (Å²) in [5.41, 5.74) is -1.34. The lowest BCUT2D eigenvalue weighted by Crippen LogP contribution is -2.23. The number of sulfone groups is 1. The molecule has 2 aromatic rings. The molecule has 6 nitrogen and oxygen atoms in total. The van der Waals surface area contributed by atoms with E-state index in [4.69, 9.17) is 4.74 Å². The topological polar surface area (TPSA) is 86.2 Å². The number of hydrogen-bond donors (Lipinski definition) is 0. The molecule has 0 radical (unpaired) electrons. The minimum atomic E-state index is -4.72. The fraction of sp³-hybridized carbons (Fsp3) is 0.421. The van der Waals surface area contributed by atoms with Gasteiger partial charge in [-0.2, -0.15) is 13.2 Å². The highest BCUT2D eigenvalue weighted by molar-refractivity contribution is 7.90. The van der Waals surface area contributed by atoms with Crippen LogP contribution in [0.1, 0.15) is 48.0 Å². The zero-order valence-corrected chi connectivity index (χ0v) is 17.2. The van der Waals surface area contributed by atoms with Crippen molar-refractivity contribution in [2.24, 2.45) is 0 Å². The van der Waals surface area contributed by atoms with E-state index in [1.54, 1.807) is 39.0 Å². The number of ether oxygens (including phenoxy) is 1. The first-order valence-corrected chi connectivity index (χ1v) is 10.5. The van der Waals surface area contributed by atoms with E-state index in [1.165, 1.54) is 6.07 Å². The average Bonchev–Trinajstić information content (AvgIpc) is 2.57. The van der Waals surface area contributed by atoms with Gasteiger partial charge in [0.1, 0.15) is 5.60 Å². The van der Waals surface area contributed by atoms with Crippen molar-refractivity contribution in [3.63, 3.8) is 0 Å². The fourth-order valence-corrected chi connectivity index (χ4v) is 2.98. The van der Waals surface area contributed by atoms with Crippen molar-refractivity contribution >= 4 is 15.8 Å². The van der Waals surface area contributed by atoms with E-state index in [0.29, 0.717) is 11.8 Å². The van der Waals surface area contributed by atoms with Crippen molar-refractivity contribution < 1.29 is 31.1 Å². The number of carbonyl (C=O) groups excluding carboxylic acids is 1. The van der Waals surface area contributed by atoms with Crippen molar-refractivity contribution in [1.82, 2.24) is 9.97 Å². The van der Waals surface area contributed by atoms with Gasteiger partial charge in [0.25, 0.3) is 0 Å². The number of aryl methyl sites for hydroxylation is 2. The number of alkyl halides is 3. The van der Waals surface area contributed by atoms with Crippen LogP contribution in [0.2, 0.25) is 0 Å². The first-order valence-electron chi connectivity index (χ1n) is 8.62. The molecule has 0 saturated carbocycles. The number of esters is 1. The molecular formula is C19H21F3N2O4S. The Labute approximate surface area is 167 Å². The van der Waals surface area contributed by atoms with Gasteiger partial charge in [-0.1, -0.05) is 12.1 Å². The standard InChI is InChI=1S/C19H21F3N2O4S/c1-18(2,3)28-16(25)13-7-5-6-12(10-13)8-9-15-14(19(20,21)22)11-23-17(24-15)29(4,26)27/h5-7,10-11H,8-9H2,1-4H3. The average molecular weight is 430 g/mol. The molecule has 0 N–H and O–H groups in total. The van der Waals surface area contributed by atoms with Crippen LogP contribution in [-0.4, -0.2) is 36.2 Å². The lowest BCUT2D eigenvalue weighted by molar-refractivity contribution is -0.138. The molecule has 0 fully saturated rings. The molecule has 0 saturated heterocycles. The van der Waals surface area contributed by atoms with Crippen LogP contribution in [0.4, 0.5) is 13.2 Å². The zero-order chi connectivity index (χ0) is 22.0. The second kappa shape index (κ2) is 8.10. The number of carbonyl (C=O) groups is 1. The Morgan fingerprint density at radius 3 is 2.34 bits per heavy atom. The van der Waals surface area contributed by atoms with E-state index in [2.05, 4.69) is 9.97 Å². The largest absolute Gasteiger partial charge is 0.456 e. The second-order valence-corrected chi connectivity index (χ2v) is 9.39. The summed E-state index contributed by atoms with van der Waals surface area (Å²) in [7, 11) is -3.86. The number of benzene rings is 1. The molecule has 0 aliphatic heterocycles. The van der Waals surface area contributed by atoms with Crippen LogP contribution in [0.15, 0.2) is 35.6 Å². The second-order valence-electron chi connectivity index (χ2n) is 7.49. The van der Waals surface area contributed by atoms with Crippen LogP contribution in [0.3, 0.4) is 0 Å². The predicted molar refractivity (Wildman–Crippen MR) is 99.2 cm³/mol. The summed E-state index contributed by atoms with van der Waals surface area (Å²) in [5.74, 6) is -0.545. The lowest BCUT2D eigenvalue weighted by Gasteiger charge is -2.19. The molecule has 0 aliphatic carbocycles. The third-order valence-corrected chi connectivity index (χ3v) is 4.55. The van der Waals surface area contributed by atoms with Crippen molar-refractivity contribution in [2.75, 3.05) is 6.26 Å². The molecule has 1 aromatic heterocycles. The van der Waals surface area contributed by atoms with Crippen LogP contribution < -0.4 is 0 Å². The number of nitrogens with zero attached hydrogens (tertiary/aromatic N) is 2. The Balaban J connectivity index is 2.29. The summed E-state index contributed by atoms with van der Waals surface area (Å²) in [6.45, 7) is 5.17. The summed E-state index contributed by atoms with van der Waals surface area (Å²) >= 11 is 0. The smallest absolute Gasteiger partial charge is 0.419 e. The maximum Gasteiger partial charge on any atom is 0.419 e. The Bertz CT molecular complexity index is 1010. The maximum atomic E-state index is 13.2. The molecule has 0 atom stereocenters. The highest BCUT2D eigenvalue weighted by atomic mass is 32.2. The van der Waals surface area contributed by atoms with Gasteiger partial charge in [0.2, 0.25) is 15.0 Å². The predicted octanol–water partition coefficient (Wildman–Crippen LogP) is 3.64. The molecule has 0 bridgehead atoms. The SMILES string of the molecule is CC(C)(C)OC(=O)c1cccc(CCc2nc(S(C)(=O)=O)ncc2C(F)(F)F)c1. The lowest BCUT2D eigenvalue weighted by atomic mass is 10.0. The third kappa shape index (κ3) is 6.52. The van der Waals surface area contributed by atoms with Gasteiger partial charge in [0.15, 0.2) is 0 Å². The number of hydrogen-bond acceptors (Lipinski definition) is 6. The van der Waals surface area contributed by atoms with E-state index in [9.17, 15) is 26.4 Å². The summed E-state index contributed by atoms with van der Waals surface area (Å²) in [5, 5.41) is -0.664. The van der Waals surface area contributed by atoms with Gasteiger partial charge in [-0.05, 0) is 51.3 Å². The summed E-state index contributed by atoms with van der Waals surface area (Å²) in [6, 6.07) is 6.33. The Kier molecular flexibility index (Phi) is 6.36. The normalized spacial score (nSPS) is 12.7. The molecule has 158 valence electrons. The number of rotatable bonds is 5. The quantitative estimate of drug-likeness (QED) is 0.532. The molecule has 1 aromatic carbocycles. The van der Waals surface area contributed by atoms with Gasteiger partial charge in [0.05, 0.1) is 16.8 Å². The molecular weight excluding hydrogens is 409 g/mol. The van der Waals surface area contributed by atoms with Gasteiger partial charge >= 0.3 is 12.1 Å². The third-order valence-electron chi connectivity index (χ3n) is 3.69. The van der Waals surface area contributed by atoms with Gasteiger partial charge in [-0.15, -0.1) is 0 Å². The molecule has 29 heavy (non-hydrogen) atoms. The van der Waals surface area contributed by atoms with Crippen LogP contribution in [0, 0.1) is 0 Å². The summed E-state index contributed by atoms with van der Waals surface area (Å²) in [4.78, 5) is 19.1. The van der Waals surface area contributed by atoms with Gasteiger partial charge in [-0.25, -0.2) is 23.2 Å². The van der Waals surface area contributed by atoms with Gasteiger partial charge in [-0.3, -0.25) is 0 Å². The van der Waals surface area contributed by atoms with Gasteiger partial charge in [0, 0.05) is 12.5 Å². The fourth-order valence-electron chi connectivity index (χ4n) is 2.46. The van der Waals surface area contributed by atoms with Crippen LogP contribution in [0.25, 0.3) is 0 Å². The van der Waals surface area contributed by atoms with Crippen molar-refractivity contribution in [2.45, 2.75) is 50.5 Å². The Morgan fingerprint density at radius 1 is 1.14 bits per heavy atom. The van der Waals surface area contributed by atoms with E-state index >= 15 is 0 Å². The van der Waals surface area contributed by atoms with Crippen molar-refractivity contribution in [3.05, 3.63) is 52.8 Å². The molecule has 0 amide bonds. The van der Waals surface area contributed by atoms with E-state index in [-0.39, 0.29) is 18.4 Å². The van der Waals surface area contributed by atoms with Crippen molar-refractivity contribution in [3.8, 4) is 0 Å². The maximum absolute atomic E-state index is 13.2. The zero-order valence-electron chi connectivity index (χ0n) is 16.4. The van der Waals surface area contributed by atoms with E-state index in [0.717, 1.165) is 6.26 Å². The minimum Gasteiger partial charge on any atom is -0.456 e. The monoisotopic (exact) mass is 430 g/mol. The van der Waals surface area contributed by atoms with Crippen LogP contribution in [0.5, 0.6) is 0 Å². The van der Waals surface area contributed by atoms with Crippen LogP contribution >= 0.6 is 0 Å². The van der Waals surface area contributed by atoms with Crippen molar-refractivity contribution in [1.29, 1.82) is 0 Å². The molecule has 1 heterocycles. The highest BCUT2D eigenvalue weighted by Crippen LogP contribution is 2.31. The summed E-state index contributed by atoms with van der Waals surface area (Å²) in [6.07, 6.45) is -3.49. The summed E-state index contributed by atoms with van der Waals surface area (Å²) < 4.78 is 68.2. The van der Waals surface area contributed by atoms with Gasteiger partial charge < -0.3 is 4.74 Å². The molecule has 2 rings (SSSR count). The molecule has 10 heteroatoms. The first kappa shape index (κ1) is 22.8. The number of aromatic nitrogens is 2. The highest BCUT2D eigenvalue weighted by Gasteiger charge is 2.35. The molecule has 0 spiro atoms. The molecule has 0 unspecified atom stereocenters. The number of halogens is 3. The Hall–Kier alpha value is -2.49. The minimum absolute atomic E-state index is 0.111.